The number of amides is 1. The molecule has 21 heavy (non-hydrogen) atoms. The Bertz CT molecular complexity index is 583. The van der Waals surface area contributed by atoms with Crippen LogP contribution in [0.4, 0.5) is 0 Å². The minimum atomic E-state index is -0.867. The first-order chi connectivity index (χ1) is 9.97. The van der Waals surface area contributed by atoms with Crippen LogP contribution in [0.5, 0.6) is 0 Å². The summed E-state index contributed by atoms with van der Waals surface area (Å²) < 4.78 is 0. The van der Waals surface area contributed by atoms with E-state index in [0.29, 0.717) is 11.6 Å². The zero-order valence-electron chi connectivity index (χ0n) is 11.9. The Morgan fingerprint density at radius 3 is 2.90 bits per heavy atom. The number of carboxylic acid groups (broad SMARTS) is 1. The Kier molecular flexibility index (Phi) is 5.02. The zero-order chi connectivity index (χ0) is 15.4. The van der Waals surface area contributed by atoms with Gasteiger partial charge in [0.1, 0.15) is 0 Å². The maximum absolute atomic E-state index is 12.2. The first-order valence-electron chi connectivity index (χ1n) is 6.94. The maximum atomic E-state index is 12.2. The van der Waals surface area contributed by atoms with Crippen molar-refractivity contribution in [3.8, 4) is 0 Å². The lowest BCUT2D eigenvalue weighted by Gasteiger charge is -2.21. The van der Waals surface area contributed by atoms with Crippen LogP contribution in [0, 0.1) is 6.92 Å². The molecule has 1 aromatic rings. The van der Waals surface area contributed by atoms with E-state index in [1.807, 2.05) is 19.1 Å². The first kappa shape index (κ1) is 15.6. The lowest BCUT2D eigenvalue weighted by molar-refractivity contribution is -0.139. The van der Waals surface area contributed by atoms with Crippen molar-refractivity contribution in [3.05, 3.63) is 40.4 Å². The van der Waals surface area contributed by atoms with E-state index in [1.54, 1.807) is 17.0 Å². The number of hydrogen-bond acceptors (Lipinski definition) is 2. The van der Waals surface area contributed by atoms with E-state index in [9.17, 15) is 9.59 Å². The summed E-state index contributed by atoms with van der Waals surface area (Å²) in [4.78, 5) is 24.6. The number of carbonyl (C=O) groups excluding carboxylic acids is 1. The number of hydrogen-bond donors (Lipinski definition) is 1. The maximum Gasteiger partial charge on any atom is 0.305 e. The summed E-state index contributed by atoms with van der Waals surface area (Å²) in [6.45, 7) is 2.54. The fraction of sp³-hybridized carbons (Fsp3) is 0.375. The van der Waals surface area contributed by atoms with Crippen molar-refractivity contribution in [3.63, 3.8) is 0 Å². The van der Waals surface area contributed by atoms with Crippen LogP contribution in [0.3, 0.4) is 0 Å². The van der Waals surface area contributed by atoms with Gasteiger partial charge in [0.2, 0.25) is 5.91 Å². The second-order valence-corrected chi connectivity index (χ2v) is 5.67. The number of halogens is 1. The SMILES string of the molecule is Cc1ccc(C=CC(=O)N2CCCC2CC(=O)O)cc1Cl. The Balaban J connectivity index is 2.04. The molecule has 1 N–H and O–H groups in total. The molecule has 2 rings (SSSR count). The number of carboxylic acids is 1. The normalized spacial score (nSPS) is 18.4. The highest BCUT2D eigenvalue weighted by molar-refractivity contribution is 6.31. The van der Waals surface area contributed by atoms with E-state index in [1.165, 1.54) is 6.08 Å². The predicted molar refractivity (Wildman–Crippen MR) is 82.2 cm³/mol. The third-order valence-electron chi connectivity index (χ3n) is 3.68. The van der Waals surface area contributed by atoms with Gasteiger partial charge in [-0.3, -0.25) is 9.59 Å². The molecule has 0 saturated carbocycles. The third-order valence-corrected chi connectivity index (χ3v) is 4.09. The summed E-state index contributed by atoms with van der Waals surface area (Å²) in [5.41, 5.74) is 1.84. The van der Waals surface area contributed by atoms with Crippen LogP contribution in [-0.4, -0.2) is 34.5 Å². The van der Waals surface area contributed by atoms with Crippen molar-refractivity contribution < 1.29 is 14.7 Å². The van der Waals surface area contributed by atoms with Crippen molar-refractivity contribution >= 4 is 29.6 Å². The monoisotopic (exact) mass is 307 g/mol. The van der Waals surface area contributed by atoms with Gasteiger partial charge in [-0.25, -0.2) is 0 Å². The highest BCUT2D eigenvalue weighted by Gasteiger charge is 2.28. The van der Waals surface area contributed by atoms with Crippen LogP contribution in [0.15, 0.2) is 24.3 Å². The van der Waals surface area contributed by atoms with E-state index in [-0.39, 0.29) is 18.4 Å². The summed E-state index contributed by atoms with van der Waals surface area (Å²) in [5, 5.41) is 9.53. The molecule has 0 bridgehead atoms. The van der Waals surface area contributed by atoms with Crippen LogP contribution in [0.2, 0.25) is 5.02 Å². The van der Waals surface area contributed by atoms with Crippen molar-refractivity contribution in [1.82, 2.24) is 4.90 Å². The van der Waals surface area contributed by atoms with Crippen LogP contribution < -0.4 is 0 Å². The lowest BCUT2D eigenvalue weighted by Crippen LogP contribution is -2.35. The van der Waals surface area contributed by atoms with E-state index in [0.717, 1.165) is 24.0 Å². The van der Waals surface area contributed by atoms with Gasteiger partial charge in [0.25, 0.3) is 0 Å². The number of nitrogens with zero attached hydrogens (tertiary/aromatic N) is 1. The Hall–Kier alpha value is -1.81. The third kappa shape index (κ3) is 4.08. The zero-order valence-corrected chi connectivity index (χ0v) is 12.6. The van der Waals surface area contributed by atoms with Gasteiger partial charge in [-0.2, -0.15) is 0 Å². The molecule has 4 nitrogen and oxygen atoms in total. The van der Waals surface area contributed by atoms with Crippen molar-refractivity contribution in [1.29, 1.82) is 0 Å². The summed E-state index contributed by atoms with van der Waals surface area (Å²) in [5.74, 6) is -1.01. The lowest BCUT2D eigenvalue weighted by atomic mass is 10.1. The molecule has 5 heteroatoms. The highest BCUT2D eigenvalue weighted by Crippen LogP contribution is 2.21. The van der Waals surface area contributed by atoms with Gasteiger partial charge in [-0.15, -0.1) is 0 Å². The number of aryl methyl sites for hydroxylation is 1. The second kappa shape index (κ2) is 6.76. The van der Waals surface area contributed by atoms with Gasteiger partial charge in [-0.1, -0.05) is 23.7 Å². The minimum absolute atomic E-state index is 0.00986. The highest BCUT2D eigenvalue weighted by atomic mass is 35.5. The standard InChI is InChI=1S/C16H18ClNO3/c1-11-4-5-12(9-14(11)17)6-7-15(19)18-8-2-3-13(18)10-16(20)21/h4-7,9,13H,2-3,8,10H2,1H3,(H,20,21). The van der Waals surface area contributed by atoms with Crippen LogP contribution in [0.1, 0.15) is 30.4 Å². The fourth-order valence-corrected chi connectivity index (χ4v) is 2.70. The van der Waals surface area contributed by atoms with Crippen LogP contribution in [-0.2, 0) is 9.59 Å². The Morgan fingerprint density at radius 2 is 2.24 bits per heavy atom. The smallest absolute Gasteiger partial charge is 0.305 e. The Morgan fingerprint density at radius 1 is 1.48 bits per heavy atom. The molecular formula is C16H18ClNO3. The molecule has 0 aromatic heterocycles. The van der Waals surface area contributed by atoms with Gasteiger partial charge >= 0.3 is 5.97 Å². The largest absolute Gasteiger partial charge is 0.481 e. The van der Waals surface area contributed by atoms with E-state index in [2.05, 4.69) is 0 Å². The molecule has 1 saturated heterocycles. The van der Waals surface area contributed by atoms with E-state index in [4.69, 9.17) is 16.7 Å². The van der Waals surface area contributed by atoms with Crippen molar-refractivity contribution in [2.24, 2.45) is 0 Å². The second-order valence-electron chi connectivity index (χ2n) is 5.27. The van der Waals surface area contributed by atoms with Gasteiger partial charge in [0.05, 0.1) is 6.42 Å². The molecular weight excluding hydrogens is 290 g/mol. The molecule has 1 aliphatic rings. The summed E-state index contributed by atoms with van der Waals surface area (Å²) in [6.07, 6.45) is 4.82. The van der Waals surface area contributed by atoms with Crippen LogP contribution in [0.25, 0.3) is 6.08 Å². The summed E-state index contributed by atoms with van der Waals surface area (Å²) in [6, 6.07) is 5.40. The molecule has 1 aromatic carbocycles. The molecule has 0 spiro atoms. The van der Waals surface area contributed by atoms with Gasteiger partial charge in [-0.05, 0) is 43.0 Å². The molecule has 0 aliphatic carbocycles. The van der Waals surface area contributed by atoms with Gasteiger partial charge in [0, 0.05) is 23.7 Å². The average Bonchev–Trinajstić information content (AvgIpc) is 2.87. The van der Waals surface area contributed by atoms with Gasteiger partial charge in [0.15, 0.2) is 0 Å². The Labute approximate surface area is 129 Å². The topological polar surface area (TPSA) is 57.6 Å². The minimum Gasteiger partial charge on any atom is -0.481 e. The number of rotatable bonds is 4. The number of aliphatic carboxylic acids is 1. The number of likely N-dealkylation sites (tertiary alicyclic amines) is 1. The molecule has 1 aliphatic heterocycles. The molecule has 112 valence electrons. The molecule has 1 fully saturated rings. The average molecular weight is 308 g/mol. The predicted octanol–water partition coefficient (Wildman–Crippen LogP) is 3.13. The van der Waals surface area contributed by atoms with Crippen molar-refractivity contribution in [2.45, 2.75) is 32.2 Å². The quantitative estimate of drug-likeness (QED) is 0.869. The number of benzene rings is 1. The van der Waals surface area contributed by atoms with Crippen LogP contribution >= 0.6 is 11.6 Å². The first-order valence-corrected chi connectivity index (χ1v) is 7.32. The molecule has 1 unspecified atom stereocenters. The number of carbonyl (C=O) groups is 2. The van der Waals surface area contributed by atoms with Crippen molar-refractivity contribution in [2.75, 3.05) is 6.54 Å². The summed E-state index contributed by atoms with van der Waals surface area (Å²) in [7, 11) is 0. The molecule has 1 heterocycles. The van der Waals surface area contributed by atoms with E-state index < -0.39 is 5.97 Å². The van der Waals surface area contributed by atoms with Gasteiger partial charge < -0.3 is 10.0 Å². The fourth-order valence-electron chi connectivity index (χ4n) is 2.52. The van der Waals surface area contributed by atoms with E-state index >= 15 is 0 Å². The summed E-state index contributed by atoms with van der Waals surface area (Å²) >= 11 is 6.04. The molecule has 0 radical (unpaired) electrons. The molecule has 1 amide bonds. The molecule has 1 atom stereocenters.